The number of amides is 2. The van der Waals surface area contributed by atoms with Crippen molar-refractivity contribution in [3.8, 4) is 0 Å². The molecule has 0 radical (unpaired) electrons. The van der Waals surface area contributed by atoms with Gasteiger partial charge in [0.05, 0.1) is 0 Å². The van der Waals surface area contributed by atoms with Gasteiger partial charge in [-0.15, -0.1) is 0 Å². The van der Waals surface area contributed by atoms with Crippen LogP contribution in [0.5, 0.6) is 0 Å². The van der Waals surface area contributed by atoms with Gasteiger partial charge in [-0.05, 0) is 54.2 Å². The van der Waals surface area contributed by atoms with Crippen LogP contribution in [0.25, 0.3) is 0 Å². The van der Waals surface area contributed by atoms with E-state index in [1.165, 1.54) is 24.0 Å². The minimum Gasteiger partial charge on any atom is -0.352 e. The topological polar surface area (TPSA) is 49.4 Å². The number of hydrogen-bond acceptors (Lipinski definition) is 2. The van der Waals surface area contributed by atoms with Crippen LogP contribution in [-0.4, -0.2) is 35.3 Å². The lowest BCUT2D eigenvalue weighted by Gasteiger charge is -2.31. The number of nitrogens with one attached hydrogen (secondary N) is 1. The summed E-state index contributed by atoms with van der Waals surface area (Å²) in [4.78, 5) is 28.5. The van der Waals surface area contributed by atoms with E-state index in [-0.39, 0.29) is 23.3 Å². The molecule has 1 aliphatic carbocycles. The molecule has 0 bridgehead atoms. The van der Waals surface area contributed by atoms with Crippen molar-refractivity contribution in [3.63, 3.8) is 0 Å². The highest BCUT2D eigenvalue weighted by atomic mass is 16.2. The molecule has 2 amide bonds. The minimum atomic E-state index is -0.417. The number of hydrogen-bond donors (Lipinski definition) is 1. The standard InChI is InChI=1S/C30H42N2O2/c1-5-27(29(34)31-26-13-9-10-14-26)32(22-21-23-11-7-6-8-12-23)28(33)20-17-24-15-18-25(19-16-24)30(2,3)4/h6-8,11-12,15-16,18-19,26-27H,5,9-10,13-14,17,20-22H2,1-4H3,(H,31,34)/t27-/m1/s1. The number of aryl methyl sites for hydroxylation is 1. The number of carbonyl (C=O) groups excluding carboxylic acids is 2. The van der Waals surface area contributed by atoms with Crippen LogP contribution in [0.1, 0.15) is 82.9 Å². The first-order chi connectivity index (χ1) is 16.3. The highest BCUT2D eigenvalue weighted by molar-refractivity contribution is 5.88. The Labute approximate surface area is 206 Å². The van der Waals surface area contributed by atoms with E-state index in [0.717, 1.165) is 24.8 Å². The molecule has 3 rings (SSSR count). The Morgan fingerprint density at radius 2 is 1.56 bits per heavy atom. The zero-order valence-electron chi connectivity index (χ0n) is 21.5. The number of rotatable bonds is 10. The minimum absolute atomic E-state index is 0.00495. The lowest BCUT2D eigenvalue weighted by molar-refractivity contribution is -0.141. The highest BCUT2D eigenvalue weighted by Gasteiger charge is 2.30. The summed E-state index contributed by atoms with van der Waals surface area (Å²) in [5, 5.41) is 3.22. The van der Waals surface area contributed by atoms with Crippen molar-refractivity contribution in [2.45, 2.75) is 96.6 Å². The Morgan fingerprint density at radius 1 is 0.941 bits per heavy atom. The summed E-state index contributed by atoms with van der Waals surface area (Å²) in [5.74, 6) is 0.0644. The molecule has 2 aromatic rings. The second-order valence-corrected chi connectivity index (χ2v) is 10.7. The maximum atomic E-state index is 13.5. The molecule has 2 aromatic carbocycles. The molecule has 0 spiro atoms. The van der Waals surface area contributed by atoms with Crippen LogP contribution in [0.4, 0.5) is 0 Å². The summed E-state index contributed by atoms with van der Waals surface area (Å²) >= 11 is 0. The Morgan fingerprint density at radius 3 is 2.15 bits per heavy atom. The van der Waals surface area contributed by atoms with E-state index in [9.17, 15) is 9.59 Å². The second-order valence-electron chi connectivity index (χ2n) is 10.7. The molecule has 0 aromatic heterocycles. The molecule has 1 aliphatic rings. The van der Waals surface area contributed by atoms with Crippen LogP contribution in [0.15, 0.2) is 54.6 Å². The van der Waals surface area contributed by atoms with E-state index >= 15 is 0 Å². The average molecular weight is 463 g/mol. The fourth-order valence-corrected chi connectivity index (χ4v) is 4.83. The van der Waals surface area contributed by atoms with Crippen LogP contribution in [0.3, 0.4) is 0 Å². The van der Waals surface area contributed by atoms with Crippen molar-refractivity contribution in [3.05, 3.63) is 71.3 Å². The number of benzene rings is 2. The van der Waals surface area contributed by atoms with Crippen molar-refractivity contribution < 1.29 is 9.59 Å². The number of nitrogens with zero attached hydrogens (tertiary/aromatic N) is 1. The first-order valence-electron chi connectivity index (χ1n) is 13.0. The Kier molecular flexibility index (Phi) is 9.32. The summed E-state index contributed by atoms with van der Waals surface area (Å²) < 4.78 is 0. The lowest BCUT2D eigenvalue weighted by Crippen LogP contribution is -2.51. The predicted molar refractivity (Wildman–Crippen MR) is 140 cm³/mol. The summed E-state index contributed by atoms with van der Waals surface area (Å²) in [5.41, 5.74) is 3.75. The van der Waals surface area contributed by atoms with E-state index in [4.69, 9.17) is 0 Å². The van der Waals surface area contributed by atoms with Gasteiger partial charge in [0.2, 0.25) is 11.8 Å². The van der Waals surface area contributed by atoms with Crippen molar-refractivity contribution in [1.82, 2.24) is 10.2 Å². The molecular weight excluding hydrogens is 420 g/mol. The smallest absolute Gasteiger partial charge is 0.243 e. The van der Waals surface area contributed by atoms with Crippen LogP contribution < -0.4 is 5.32 Å². The van der Waals surface area contributed by atoms with Gasteiger partial charge in [0, 0.05) is 19.0 Å². The monoisotopic (exact) mass is 462 g/mol. The predicted octanol–water partition coefficient (Wildman–Crippen LogP) is 5.83. The molecule has 4 heteroatoms. The van der Waals surface area contributed by atoms with Crippen molar-refractivity contribution in [2.24, 2.45) is 0 Å². The van der Waals surface area contributed by atoms with Gasteiger partial charge in [0.25, 0.3) is 0 Å². The molecule has 0 saturated heterocycles. The number of carbonyl (C=O) groups is 2. The first-order valence-corrected chi connectivity index (χ1v) is 13.0. The molecular formula is C30H42N2O2. The Hall–Kier alpha value is -2.62. The van der Waals surface area contributed by atoms with Crippen molar-refractivity contribution in [1.29, 1.82) is 0 Å². The Balaban J connectivity index is 1.68. The summed E-state index contributed by atoms with van der Waals surface area (Å²) in [7, 11) is 0. The van der Waals surface area contributed by atoms with Crippen LogP contribution in [-0.2, 0) is 27.8 Å². The molecule has 0 unspecified atom stereocenters. The van der Waals surface area contributed by atoms with Crippen molar-refractivity contribution in [2.75, 3.05) is 6.54 Å². The maximum absolute atomic E-state index is 13.5. The van der Waals surface area contributed by atoms with Gasteiger partial charge in [-0.2, -0.15) is 0 Å². The molecule has 1 atom stereocenters. The quantitative estimate of drug-likeness (QED) is 0.483. The van der Waals surface area contributed by atoms with Gasteiger partial charge in [-0.25, -0.2) is 0 Å². The molecule has 0 heterocycles. The SMILES string of the molecule is CC[C@H](C(=O)NC1CCCC1)N(CCc1ccccc1)C(=O)CCc1ccc(C(C)(C)C)cc1. The third-order valence-electron chi connectivity index (χ3n) is 7.02. The lowest BCUT2D eigenvalue weighted by atomic mass is 9.86. The van der Waals surface area contributed by atoms with Gasteiger partial charge in [-0.1, -0.05) is 95.1 Å². The van der Waals surface area contributed by atoms with Gasteiger partial charge >= 0.3 is 0 Å². The van der Waals surface area contributed by atoms with Crippen molar-refractivity contribution >= 4 is 11.8 Å². The van der Waals surface area contributed by atoms with Gasteiger partial charge in [0.1, 0.15) is 6.04 Å². The van der Waals surface area contributed by atoms with Crippen LogP contribution >= 0.6 is 0 Å². The fourth-order valence-electron chi connectivity index (χ4n) is 4.83. The summed E-state index contributed by atoms with van der Waals surface area (Å²) in [6.07, 6.45) is 6.91. The Bertz CT molecular complexity index is 909. The molecule has 1 N–H and O–H groups in total. The fraction of sp³-hybridized carbons (Fsp3) is 0.533. The molecule has 34 heavy (non-hydrogen) atoms. The highest BCUT2D eigenvalue weighted by Crippen LogP contribution is 2.23. The third-order valence-corrected chi connectivity index (χ3v) is 7.02. The third kappa shape index (κ3) is 7.44. The maximum Gasteiger partial charge on any atom is 0.243 e. The molecule has 184 valence electrons. The van der Waals surface area contributed by atoms with Crippen LogP contribution in [0.2, 0.25) is 0 Å². The normalized spacial score (nSPS) is 15.2. The van der Waals surface area contributed by atoms with Gasteiger partial charge in [-0.3, -0.25) is 9.59 Å². The van der Waals surface area contributed by atoms with Gasteiger partial charge in [0.15, 0.2) is 0 Å². The van der Waals surface area contributed by atoms with E-state index in [0.29, 0.717) is 25.8 Å². The molecule has 4 nitrogen and oxygen atoms in total. The van der Waals surface area contributed by atoms with E-state index in [1.54, 1.807) is 0 Å². The van der Waals surface area contributed by atoms with E-state index < -0.39 is 6.04 Å². The van der Waals surface area contributed by atoms with E-state index in [1.807, 2.05) is 30.0 Å². The molecule has 1 saturated carbocycles. The average Bonchev–Trinajstić information content (AvgIpc) is 3.33. The summed E-state index contributed by atoms with van der Waals surface area (Å²) in [6, 6.07) is 18.6. The molecule has 0 aliphatic heterocycles. The zero-order valence-corrected chi connectivity index (χ0v) is 21.5. The van der Waals surface area contributed by atoms with Gasteiger partial charge < -0.3 is 10.2 Å². The molecule has 1 fully saturated rings. The second kappa shape index (κ2) is 12.2. The first kappa shape index (κ1) is 26.0. The van der Waals surface area contributed by atoms with Crippen LogP contribution in [0, 0.1) is 0 Å². The zero-order chi connectivity index (χ0) is 24.6. The van der Waals surface area contributed by atoms with E-state index in [2.05, 4.69) is 62.5 Å². The summed E-state index contributed by atoms with van der Waals surface area (Å²) in [6.45, 7) is 9.18. The largest absolute Gasteiger partial charge is 0.352 e.